The Morgan fingerprint density at radius 1 is 1.48 bits per heavy atom. The van der Waals surface area contributed by atoms with Gasteiger partial charge in [0, 0.05) is 17.5 Å². The van der Waals surface area contributed by atoms with Gasteiger partial charge in [0.1, 0.15) is 5.01 Å². The Morgan fingerprint density at radius 2 is 2.24 bits per heavy atom. The number of aryl methyl sites for hydroxylation is 2. The smallest absolute Gasteiger partial charge is 0.191 e. The van der Waals surface area contributed by atoms with E-state index in [1.165, 1.54) is 4.88 Å². The predicted molar refractivity (Wildman–Crippen MR) is 86.6 cm³/mol. The zero-order valence-electron chi connectivity index (χ0n) is 12.6. The molecule has 1 aromatic heterocycles. The van der Waals surface area contributed by atoms with E-state index < -0.39 is 9.84 Å². The topological polar surface area (TPSA) is 83.4 Å². The molecular weight excluding hydrogens is 308 g/mol. The van der Waals surface area contributed by atoms with E-state index in [-0.39, 0.29) is 17.5 Å². The quantitative estimate of drug-likeness (QED) is 0.636. The third-order valence-electron chi connectivity index (χ3n) is 3.36. The zero-order chi connectivity index (χ0) is 15.5. The molecule has 1 saturated heterocycles. The SMILES string of the molecule is CCNC(=NCc1nc(C)c(C)s1)NC1CCS(=O)(=O)C1. The second-order valence-electron chi connectivity index (χ2n) is 5.19. The highest BCUT2D eigenvalue weighted by atomic mass is 32.2. The summed E-state index contributed by atoms with van der Waals surface area (Å²) in [6.07, 6.45) is 0.641. The van der Waals surface area contributed by atoms with Gasteiger partial charge in [-0.25, -0.2) is 18.4 Å². The number of hydrogen-bond acceptors (Lipinski definition) is 5. The van der Waals surface area contributed by atoms with Crippen molar-refractivity contribution in [1.82, 2.24) is 15.6 Å². The number of sulfone groups is 1. The fourth-order valence-electron chi connectivity index (χ4n) is 2.18. The molecule has 2 N–H and O–H groups in total. The molecule has 1 atom stereocenters. The third kappa shape index (κ3) is 4.67. The summed E-state index contributed by atoms with van der Waals surface area (Å²) >= 11 is 1.65. The number of hydrogen-bond donors (Lipinski definition) is 2. The van der Waals surface area contributed by atoms with Crippen LogP contribution in [0.2, 0.25) is 0 Å². The van der Waals surface area contributed by atoms with Crippen LogP contribution in [-0.2, 0) is 16.4 Å². The van der Waals surface area contributed by atoms with Crippen molar-refractivity contribution in [2.75, 3.05) is 18.1 Å². The van der Waals surface area contributed by atoms with Crippen LogP contribution in [0, 0.1) is 13.8 Å². The van der Waals surface area contributed by atoms with Crippen LogP contribution in [0.5, 0.6) is 0 Å². The minimum Gasteiger partial charge on any atom is -0.357 e. The minimum absolute atomic E-state index is 0.0485. The van der Waals surface area contributed by atoms with Gasteiger partial charge in [-0.15, -0.1) is 11.3 Å². The normalized spacial score (nSPS) is 21.5. The van der Waals surface area contributed by atoms with Crippen molar-refractivity contribution < 1.29 is 8.42 Å². The summed E-state index contributed by atoms with van der Waals surface area (Å²) in [5.74, 6) is 1.10. The second kappa shape index (κ2) is 6.74. The van der Waals surface area contributed by atoms with Gasteiger partial charge in [0.15, 0.2) is 15.8 Å². The summed E-state index contributed by atoms with van der Waals surface area (Å²) in [5, 5.41) is 7.32. The second-order valence-corrected chi connectivity index (χ2v) is 8.71. The number of nitrogens with one attached hydrogen (secondary N) is 2. The number of rotatable bonds is 4. The zero-order valence-corrected chi connectivity index (χ0v) is 14.3. The lowest BCUT2D eigenvalue weighted by molar-refractivity contribution is 0.599. The third-order valence-corrected chi connectivity index (χ3v) is 6.19. The Kier molecular flexibility index (Phi) is 5.21. The molecule has 1 aliphatic heterocycles. The Labute approximate surface area is 130 Å². The first kappa shape index (κ1) is 16.2. The van der Waals surface area contributed by atoms with Crippen molar-refractivity contribution in [3.05, 3.63) is 15.6 Å². The molecule has 1 aliphatic rings. The lowest BCUT2D eigenvalue weighted by atomic mass is 10.3. The first-order chi connectivity index (χ1) is 9.89. The maximum atomic E-state index is 11.5. The standard InChI is InChI=1S/C13H22N4O2S2/c1-4-14-13(17-11-5-6-21(18,19)8-11)15-7-12-16-9(2)10(3)20-12/h11H,4-8H2,1-3H3,(H2,14,15,17). The van der Waals surface area contributed by atoms with Crippen molar-refractivity contribution in [1.29, 1.82) is 0 Å². The molecule has 2 heterocycles. The van der Waals surface area contributed by atoms with Gasteiger partial charge in [-0.2, -0.15) is 0 Å². The fourth-order valence-corrected chi connectivity index (χ4v) is 4.71. The number of guanidine groups is 1. The number of thiazole rings is 1. The van der Waals surface area contributed by atoms with Crippen LogP contribution in [-0.4, -0.2) is 43.5 Å². The molecule has 21 heavy (non-hydrogen) atoms. The van der Waals surface area contributed by atoms with Crippen LogP contribution in [0.25, 0.3) is 0 Å². The van der Waals surface area contributed by atoms with E-state index in [1.54, 1.807) is 11.3 Å². The average Bonchev–Trinajstić information content (AvgIpc) is 2.90. The van der Waals surface area contributed by atoms with E-state index in [4.69, 9.17) is 0 Å². The molecule has 8 heteroatoms. The van der Waals surface area contributed by atoms with Crippen LogP contribution in [0.15, 0.2) is 4.99 Å². The van der Waals surface area contributed by atoms with Gasteiger partial charge in [-0.3, -0.25) is 0 Å². The summed E-state index contributed by atoms with van der Waals surface area (Å²) < 4.78 is 23.0. The Morgan fingerprint density at radius 3 is 2.76 bits per heavy atom. The fraction of sp³-hybridized carbons (Fsp3) is 0.692. The maximum Gasteiger partial charge on any atom is 0.191 e. The Bertz CT molecular complexity index is 603. The monoisotopic (exact) mass is 330 g/mol. The molecule has 118 valence electrons. The van der Waals surface area contributed by atoms with E-state index in [0.29, 0.717) is 18.9 Å². The van der Waals surface area contributed by atoms with Crippen molar-refractivity contribution in [3.63, 3.8) is 0 Å². The largest absolute Gasteiger partial charge is 0.357 e. The molecule has 0 saturated carbocycles. The van der Waals surface area contributed by atoms with E-state index in [2.05, 4.69) is 20.6 Å². The molecule has 0 aliphatic carbocycles. The minimum atomic E-state index is -2.88. The summed E-state index contributed by atoms with van der Waals surface area (Å²) in [6.45, 7) is 7.27. The van der Waals surface area contributed by atoms with Gasteiger partial charge in [-0.05, 0) is 27.2 Å². The molecule has 0 radical (unpaired) electrons. The van der Waals surface area contributed by atoms with Crippen LogP contribution in [0.4, 0.5) is 0 Å². The molecule has 6 nitrogen and oxygen atoms in total. The summed E-state index contributed by atoms with van der Waals surface area (Å²) in [7, 11) is -2.88. The van der Waals surface area contributed by atoms with Gasteiger partial charge in [-0.1, -0.05) is 0 Å². The molecule has 1 unspecified atom stereocenters. The number of nitrogens with zero attached hydrogens (tertiary/aromatic N) is 2. The summed E-state index contributed by atoms with van der Waals surface area (Å²) in [6, 6.07) is -0.0485. The van der Waals surface area contributed by atoms with Gasteiger partial charge in [0.05, 0.1) is 23.7 Å². The van der Waals surface area contributed by atoms with Gasteiger partial charge in [0.25, 0.3) is 0 Å². The molecule has 0 amide bonds. The molecular formula is C13H22N4O2S2. The van der Waals surface area contributed by atoms with Crippen LogP contribution in [0.1, 0.15) is 28.9 Å². The highest BCUT2D eigenvalue weighted by Gasteiger charge is 2.28. The predicted octanol–water partition coefficient (Wildman–Crippen LogP) is 1.00. The summed E-state index contributed by atoms with van der Waals surface area (Å²) in [5.41, 5.74) is 1.05. The van der Waals surface area contributed by atoms with E-state index in [0.717, 1.165) is 17.2 Å². The molecule has 0 aromatic carbocycles. The van der Waals surface area contributed by atoms with Gasteiger partial charge >= 0.3 is 0 Å². The first-order valence-corrected chi connectivity index (χ1v) is 9.71. The number of aliphatic imine (C=N–C) groups is 1. The van der Waals surface area contributed by atoms with Crippen molar-refractivity contribution >= 4 is 27.1 Å². The average molecular weight is 330 g/mol. The van der Waals surface area contributed by atoms with Gasteiger partial charge < -0.3 is 10.6 Å². The van der Waals surface area contributed by atoms with Crippen molar-refractivity contribution in [3.8, 4) is 0 Å². The van der Waals surface area contributed by atoms with Crippen LogP contribution >= 0.6 is 11.3 Å². The van der Waals surface area contributed by atoms with Crippen LogP contribution in [0.3, 0.4) is 0 Å². The first-order valence-electron chi connectivity index (χ1n) is 7.08. The highest BCUT2D eigenvalue weighted by Crippen LogP contribution is 2.17. The van der Waals surface area contributed by atoms with E-state index >= 15 is 0 Å². The van der Waals surface area contributed by atoms with Crippen molar-refractivity contribution in [2.45, 2.75) is 39.8 Å². The highest BCUT2D eigenvalue weighted by molar-refractivity contribution is 7.91. The van der Waals surface area contributed by atoms with Crippen molar-refractivity contribution in [2.24, 2.45) is 4.99 Å². The Balaban J connectivity index is 1.99. The van der Waals surface area contributed by atoms with Crippen LogP contribution < -0.4 is 10.6 Å². The van der Waals surface area contributed by atoms with E-state index in [1.807, 2.05) is 20.8 Å². The number of aromatic nitrogens is 1. The maximum absolute atomic E-state index is 11.5. The summed E-state index contributed by atoms with van der Waals surface area (Å²) in [4.78, 5) is 10.2. The Hall–Kier alpha value is -1.15. The molecule has 2 rings (SSSR count). The molecule has 0 bridgehead atoms. The van der Waals surface area contributed by atoms with Gasteiger partial charge in [0.2, 0.25) is 0 Å². The molecule has 1 aromatic rings. The molecule has 0 spiro atoms. The lowest BCUT2D eigenvalue weighted by Crippen LogP contribution is -2.44. The molecule has 1 fully saturated rings. The van der Waals surface area contributed by atoms with E-state index in [9.17, 15) is 8.42 Å². The lowest BCUT2D eigenvalue weighted by Gasteiger charge is -2.15.